The molecule has 4 heteroatoms. The molecule has 3 unspecified atom stereocenters. The third-order valence-electron chi connectivity index (χ3n) is 3.88. The van der Waals surface area contributed by atoms with Crippen LogP contribution in [0.1, 0.15) is 32.3 Å². The summed E-state index contributed by atoms with van der Waals surface area (Å²) in [5.74, 6) is -0.563. The fourth-order valence-electron chi connectivity index (χ4n) is 2.85. The van der Waals surface area contributed by atoms with Crippen LogP contribution in [0.4, 0.5) is 8.78 Å². The minimum absolute atomic E-state index is 0.105. The van der Waals surface area contributed by atoms with Crippen molar-refractivity contribution in [2.24, 2.45) is 5.92 Å². The van der Waals surface area contributed by atoms with Crippen molar-refractivity contribution in [3.8, 4) is 0 Å². The summed E-state index contributed by atoms with van der Waals surface area (Å²) >= 11 is 0. The molecule has 0 bridgehead atoms. The van der Waals surface area contributed by atoms with Gasteiger partial charge in [-0.15, -0.1) is 0 Å². The second kappa shape index (κ2) is 7.14. The van der Waals surface area contributed by atoms with E-state index in [0.717, 1.165) is 32.1 Å². The Morgan fingerprint density at radius 3 is 2.55 bits per heavy atom. The molecule has 0 spiro atoms. The highest BCUT2D eigenvalue weighted by Crippen LogP contribution is 2.25. The number of ether oxygens (including phenoxy) is 1. The van der Waals surface area contributed by atoms with Gasteiger partial charge in [0.15, 0.2) is 0 Å². The zero-order valence-corrected chi connectivity index (χ0v) is 12.2. The van der Waals surface area contributed by atoms with Crippen molar-refractivity contribution in [3.05, 3.63) is 35.4 Å². The standard InChI is InChI=1S/C16H23F2NO/c1-3-5-19-15(16-11(2)4-6-20-16)9-12-7-13(17)10-14(18)8-12/h7-8,10-11,15-16,19H,3-6,9H2,1-2H3. The van der Waals surface area contributed by atoms with Gasteiger partial charge in [-0.2, -0.15) is 0 Å². The van der Waals surface area contributed by atoms with E-state index in [4.69, 9.17) is 4.74 Å². The summed E-state index contributed by atoms with van der Waals surface area (Å²) in [6, 6.07) is 3.83. The SMILES string of the molecule is CCCNC(Cc1cc(F)cc(F)c1)C1OCCC1C. The molecular weight excluding hydrogens is 260 g/mol. The fourth-order valence-corrected chi connectivity index (χ4v) is 2.85. The molecule has 1 saturated heterocycles. The molecule has 1 aliphatic heterocycles. The van der Waals surface area contributed by atoms with Crippen molar-refractivity contribution in [2.45, 2.75) is 45.3 Å². The molecule has 112 valence electrons. The first-order valence-corrected chi connectivity index (χ1v) is 7.40. The third-order valence-corrected chi connectivity index (χ3v) is 3.88. The second-order valence-corrected chi connectivity index (χ2v) is 5.64. The average molecular weight is 283 g/mol. The summed E-state index contributed by atoms with van der Waals surface area (Å²) in [7, 11) is 0. The molecule has 1 aromatic rings. The quantitative estimate of drug-likeness (QED) is 0.865. The molecule has 1 N–H and O–H groups in total. The van der Waals surface area contributed by atoms with Crippen LogP contribution in [0.2, 0.25) is 0 Å². The van der Waals surface area contributed by atoms with E-state index in [9.17, 15) is 8.78 Å². The highest BCUT2D eigenvalue weighted by molar-refractivity contribution is 5.19. The molecule has 2 nitrogen and oxygen atoms in total. The normalized spacial score (nSPS) is 24.0. The van der Waals surface area contributed by atoms with Crippen molar-refractivity contribution in [2.75, 3.05) is 13.2 Å². The highest BCUT2D eigenvalue weighted by Gasteiger charge is 2.31. The van der Waals surface area contributed by atoms with E-state index in [1.54, 1.807) is 0 Å². The summed E-state index contributed by atoms with van der Waals surface area (Å²) < 4.78 is 32.4. The zero-order valence-electron chi connectivity index (χ0n) is 12.2. The van der Waals surface area contributed by atoms with Crippen molar-refractivity contribution in [1.29, 1.82) is 0 Å². The number of hydrogen-bond donors (Lipinski definition) is 1. The second-order valence-electron chi connectivity index (χ2n) is 5.64. The van der Waals surface area contributed by atoms with E-state index in [1.165, 1.54) is 12.1 Å². The van der Waals surface area contributed by atoms with Gasteiger partial charge in [-0.05, 0) is 49.4 Å². The third kappa shape index (κ3) is 4.00. The van der Waals surface area contributed by atoms with Gasteiger partial charge in [0.2, 0.25) is 0 Å². The van der Waals surface area contributed by atoms with Crippen LogP contribution in [-0.2, 0) is 11.2 Å². The van der Waals surface area contributed by atoms with Crippen LogP contribution < -0.4 is 5.32 Å². The Morgan fingerprint density at radius 1 is 1.30 bits per heavy atom. The molecule has 1 aliphatic rings. The lowest BCUT2D eigenvalue weighted by Gasteiger charge is -2.27. The van der Waals surface area contributed by atoms with E-state index < -0.39 is 11.6 Å². The van der Waals surface area contributed by atoms with Gasteiger partial charge in [-0.3, -0.25) is 0 Å². The van der Waals surface area contributed by atoms with E-state index >= 15 is 0 Å². The molecule has 1 aromatic carbocycles. The molecular formula is C16H23F2NO. The fraction of sp³-hybridized carbons (Fsp3) is 0.625. The first-order valence-electron chi connectivity index (χ1n) is 7.40. The van der Waals surface area contributed by atoms with Crippen LogP contribution >= 0.6 is 0 Å². The lowest BCUT2D eigenvalue weighted by Crippen LogP contribution is -2.44. The molecule has 2 rings (SSSR count). The summed E-state index contributed by atoms with van der Waals surface area (Å²) in [5, 5.41) is 3.46. The van der Waals surface area contributed by atoms with Crippen LogP contribution in [0.5, 0.6) is 0 Å². The highest BCUT2D eigenvalue weighted by atomic mass is 19.1. The number of benzene rings is 1. The lowest BCUT2D eigenvalue weighted by molar-refractivity contribution is 0.0610. The van der Waals surface area contributed by atoms with Crippen molar-refractivity contribution < 1.29 is 13.5 Å². The molecule has 0 amide bonds. The lowest BCUT2D eigenvalue weighted by atomic mass is 9.92. The van der Waals surface area contributed by atoms with Crippen molar-refractivity contribution in [1.82, 2.24) is 5.32 Å². The van der Waals surface area contributed by atoms with Gasteiger partial charge < -0.3 is 10.1 Å². The molecule has 1 fully saturated rings. The first kappa shape index (κ1) is 15.4. The predicted octanol–water partition coefficient (Wildman–Crippen LogP) is 3.30. The molecule has 20 heavy (non-hydrogen) atoms. The average Bonchev–Trinajstić information content (AvgIpc) is 2.79. The topological polar surface area (TPSA) is 21.3 Å². The molecule has 0 saturated carbocycles. The number of hydrogen-bond acceptors (Lipinski definition) is 2. The van der Waals surface area contributed by atoms with Gasteiger partial charge in [-0.25, -0.2) is 8.78 Å². The van der Waals surface area contributed by atoms with Crippen LogP contribution in [-0.4, -0.2) is 25.3 Å². The number of halogens is 2. The smallest absolute Gasteiger partial charge is 0.126 e. The van der Waals surface area contributed by atoms with Gasteiger partial charge in [0.1, 0.15) is 11.6 Å². The van der Waals surface area contributed by atoms with Crippen LogP contribution in [0.25, 0.3) is 0 Å². The summed E-state index contributed by atoms with van der Waals surface area (Å²) in [6.45, 7) is 5.93. The summed E-state index contributed by atoms with van der Waals surface area (Å²) in [6.07, 6.45) is 2.78. The van der Waals surface area contributed by atoms with Gasteiger partial charge in [-0.1, -0.05) is 13.8 Å². The van der Waals surface area contributed by atoms with E-state index in [0.29, 0.717) is 17.9 Å². The Balaban J connectivity index is 2.09. The van der Waals surface area contributed by atoms with Gasteiger partial charge in [0.05, 0.1) is 6.10 Å². The van der Waals surface area contributed by atoms with E-state index in [2.05, 4.69) is 19.2 Å². The minimum Gasteiger partial charge on any atom is -0.376 e. The molecule has 1 heterocycles. The summed E-state index contributed by atoms with van der Waals surface area (Å²) in [4.78, 5) is 0. The monoisotopic (exact) mass is 283 g/mol. The summed E-state index contributed by atoms with van der Waals surface area (Å²) in [5.41, 5.74) is 0.679. The van der Waals surface area contributed by atoms with E-state index in [1.807, 2.05) is 0 Å². The number of rotatable bonds is 6. The Hall–Kier alpha value is -1.00. The number of nitrogens with one attached hydrogen (secondary N) is 1. The van der Waals surface area contributed by atoms with Gasteiger partial charge in [0, 0.05) is 18.7 Å². The molecule has 0 radical (unpaired) electrons. The van der Waals surface area contributed by atoms with Crippen molar-refractivity contribution >= 4 is 0 Å². The predicted molar refractivity (Wildman–Crippen MR) is 75.7 cm³/mol. The van der Waals surface area contributed by atoms with Crippen LogP contribution in [0.3, 0.4) is 0 Å². The maximum Gasteiger partial charge on any atom is 0.126 e. The largest absolute Gasteiger partial charge is 0.376 e. The van der Waals surface area contributed by atoms with Crippen LogP contribution in [0, 0.1) is 17.6 Å². The Labute approximate surface area is 119 Å². The molecule has 0 aromatic heterocycles. The van der Waals surface area contributed by atoms with Crippen LogP contribution in [0.15, 0.2) is 18.2 Å². The Kier molecular flexibility index (Phi) is 5.49. The maximum atomic E-state index is 13.3. The Morgan fingerprint density at radius 2 is 2.00 bits per heavy atom. The van der Waals surface area contributed by atoms with Crippen molar-refractivity contribution in [3.63, 3.8) is 0 Å². The Bertz CT molecular complexity index is 418. The van der Waals surface area contributed by atoms with Gasteiger partial charge >= 0.3 is 0 Å². The first-order chi connectivity index (χ1) is 9.60. The maximum absolute atomic E-state index is 13.3. The van der Waals surface area contributed by atoms with Gasteiger partial charge in [0.25, 0.3) is 0 Å². The minimum atomic E-state index is -0.519. The molecule has 0 aliphatic carbocycles. The molecule has 3 atom stereocenters. The zero-order chi connectivity index (χ0) is 14.5. The van der Waals surface area contributed by atoms with E-state index in [-0.39, 0.29) is 12.1 Å².